The van der Waals surface area contributed by atoms with Crippen LogP contribution in [0.1, 0.15) is 27.4 Å². The van der Waals surface area contributed by atoms with Gasteiger partial charge in [0.15, 0.2) is 5.58 Å². The van der Waals surface area contributed by atoms with Crippen LogP contribution in [0.25, 0.3) is 11.1 Å². The lowest BCUT2D eigenvalue weighted by Crippen LogP contribution is -2.37. The lowest BCUT2D eigenvalue weighted by atomic mass is 10.2. The van der Waals surface area contributed by atoms with E-state index >= 15 is 0 Å². The second kappa shape index (κ2) is 9.40. The fourth-order valence-electron chi connectivity index (χ4n) is 3.87. The van der Waals surface area contributed by atoms with Crippen LogP contribution in [0.4, 0.5) is 4.39 Å². The van der Waals surface area contributed by atoms with Gasteiger partial charge in [-0.2, -0.15) is 0 Å². The minimum atomic E-state index is -0.293. The van der Waals surface area contributed by atoms with Gasteiger partial charge >= 0.3 is 0 Å². The minimum absolute atomic E-state index is 0.0730. The number of rotatable bonds is 8. The fourth-order valence-corrected chi connectivity index (χ4v) is 3.87. The summed E-state index contributed by atoms with van der Waals surface area (Å²) in [6.07, 6.45) is 0. The van der Waals surface area contributed by atoms with E-state index in [9.17, 15) is 9.18 Å². The largest absolute Gasteiger partial charge is 0.460 e. The highest BCUT2D eigenvalue weighted by Crippen LogP contribution is 2.26. The number of amides is 1. The van der Waals surface area contributed by atoms with Gasteiger partial charge in [-0.25, -0.2) is 4.39 Å². The number of fused-ring (bicyclic) bond motifs is 1. The molecular weight excluding hydrogens is 405 g/mol. The Labute approximate surface area is 187 Å². The highest BCUT2D eigenvalue weighted by molar-refractivity contribution is 5.97. The number of carbonyl (C=O) groups is 1. The van der Waals surface area contributed by atoms with Crippen LogP contribution in [0, 0.1) is 12.7 Å². The van der Waals surface area contributed by atoms with Crippen molar-refractivity contribution in [1.29, 1.82) is 0 Å². The van der Waals surface area contributed by atoms with Crippen LogP contribution in [-0.4, -0.2) is 47.5 Å². The molecule has 0 atom stereocenters. The van der Waals surface area contributed by atoms with E-state index in [1.807, 2.05) is 73.0 Å². The molecule has 2 aromatic carbocycles. The van der Waals surface area contributed by atoms with Gasteiger partial charge in [0.1, 0.15) is 17.3 Å². The molecule has 0 fully saturated rings. The molecule has 0 bridgehead atoms. The van der Waals surface area contributed by atoms with Crippen molar-refractivity contribution in [2.45, 2.75) is 20.0 Å². The number of hydrogen-bond donors (Lipinski definition) is 0. The van der Waals surface area contributed by atoms with Crippen molar-refractivity contribution in [3.05, 3.63) is 95.1 Å². The molecule has 4 rings (SSSR count). The third-order valence-corrected chi connectivity index (χ3v) is 5.48. The first-order valence-electron chi connectivity index (χ1n) is 10.7. The van der Waals surface area contributed by atoms with Gasteiger partial charge in [0.05, 0.1) is 5.52 Å². The first-order chi connectivity index (χ1) is 15.4. The van der Waals surface area contributed by atoms with Crippen molar-refractivity contribution in [2.24, 2.45) is 0 Å². The molecule has 1 amide bonds. The van der Waals surface area contributed by atoms with Crippen molar-refractivity contribution in [3.63, 3.8) is 0 Å². The summed E-state index contributed by atoms with van der Waals surface area (Å²) in [5.74, 6) is 0.408. The Bertz CT molecular complexity index is 1210. The number of halogens is 1. The third kappa shape index (κ3) is 4.92. The molecule has 0 aliphatic carbocycles. The Hall–Kier alpha value is -3.38. The quantitative estimate of drug-likeness (QED) is 0.396. The molecule has 32 heavy (non-hydrogen) atoms. The number of carbonyl (C=O) groups excluding carboxylic acids is 1. The molecule has 0 radical (unpaired) electrons. The summed E-state index contributed by atoms with van der Waals surface area (Å²) in [6.45, 7) is 4.12. The maximum Gasteiger partial charge on any atom is 0.270 e. The minimum Gasteiger partial charge on any atom is -0.460 e. The van der Waals surface area contributed by atoms with Crippen LogP contribution in [0.3, 0.4) is 0 Å². The van der Waals surface area contributed by atoms with Crippen molar-refractivity contribution in [1.82, 2.24) is 14.4 Å². The van der Waals surface area contributed by atoms with Gasteiger partial charge in [-0.1, -0.05) is 42.5 Å². The number of hydrogen-bond acceptors (Lipinski definition) is 3. The van der Waals surface area contributed by atoms with Gasteiger partial charge < -0.3 is 18.8 Å². The predicted molar refractivity (Wildman–Crippen MR) is 124 cm³/mol. The maximum absolute atomic E-state index is 13.8. The van der Waals surface area contributed by atoms with Crippen LogP contribution in [0.2, 0.25) is 0 Å². The molecule has 0 aliphatic rings. The summed E-state index contributed by atoms with van der Waals surface area (Å²) in [5.41, 5.74) is 3.90. The Morgan fingerprint density at radius 2 is 1.72 bits per heavy atom. The number of furan rings is 1. The van der Waals surface area contributed by atoms with Gasteiger partial charge in [0.25, 0.3) is 5.91 Å². The summed E-state index contributed by atoms with van der Waals surface area (Å²) in [6, 6.07) is 20.2. The standard InChI is InChI=1S/C26H28FN3O2/c1-19-14-23-25(32-19)16-24(30(23)18-21-10-7-11-22(27)15-21)26(31)29(13-12-28(2)3)17-20-8-5-4-6-9-20/h4-11,14-16H,12-13,17-18H2,1-3H3. The summed E-state index contributed by atoms with van der Waals surface area (Å²) < 4.78 is 21.6. The number of aryl methyl sites for hydroxylation is 1. The number of nitrogens with zero attached hydrogens (tertiary/aromatic N) is 3. The van der Waals surface area contributed by atoms with Gasteiger partial charge in [-0.15, -0.1) is 0 Å². The van der Waals surface area contributed by atoms with Crippen molar-refractivity contribution >= 4 is 17.0 Å². The average Bonchev–Trinajstić information content (AvgIpc) is 3.28. The molecule has 0 spiro atoms. The molecule has 2 heterocycles. The summed E-state index contributed by atoms with van der Waals surface area (Å²) in [4.78, 5) is 17.7. The molecule has 0 saturated heterocycles. The molecule has 2 aromatic heterocycles. The van der Waals surface area contributed by atoms with E-state index in [0.29, 0.717) is 30.9 Å². The Kier molecular flexibility index (Phi) is 6.42. The molecule has 0 unspecified atom stereocenters. The predicted octanol–water partition coefficient (Wildman–Crippen LogP) is 4.93. The zero-order valence-corrected chi connectivity index (χ0v) is 18.7. The van der Waals surface area contributed by atoms with Crippen molar-refractivity contribution in [3.8, 4) is 0 Å². The average molecular weight is 434 g/mol. The van der Waals surface area contributed by atoms with Crippen LogP contribution >= 0.6 is 0 Å². The lowest BCUT2D eigenvalue weighted by molar-refractivity contribution is 0.0722. The topological polar surface area (TPSA) is 41.6 Å². The molecular formula is C26H28FN3O2. The normalized spacial score (nSPS) is 11.4. The summed E-state index contributed by atoms with van der Waals surface area (Å²) in [7, 11) is 3.99. The van der Waals surface area contributed by atoms with E-state index in [1.54, 1.807) is 12.1 Å². The third-order valence-electron chi connectivity index (χ3n) is 5.48. The number of likely N-dealkylation sites (N-methyl/N-ethyl adjacent to an activating group) is 1. The lowest BCUT2D eigenvalue weighted by Gasteiger charge is -2.25. The zero-order chi connectivity index (χ0) is 22.7. The Morgan fingerprint density at radius 3 is 2.44 bits per heavy atom. The van der Waals surface area contributed by atoms with Crippen LogP contribution in [0.5, 0.6) is 0 Å². The first kappa shape index (κ1) is 21.8. The first-order valence-corrected chi connectivity index (χ1v) is 10.7. The van der Waals surface area contributed by atoms with E-state index in [1.165, 1.54) is 12.1 Å². The second-order valence-corrected chi connectivity index (χ2v) is 8.37. The van der Waals surface area contributed by atoms with Gasteiger partial charge in [0.2, 0.25) is 0 Å². The summed E-state index contributed by atoms with van der Waals surface area (Å²) >= 11 is 0. The number of benzene rings is 2. The summed E-state index contributed by atoms with van der Waals surface area (Å²) in [5, 5.41) is 0. The van der Waals surface area contributed by atoms with Crippen LogP contribution in [-0.2, 0) is 13.1 Å². The highest BCUT2D eigenvalue weighted by Gasteiger charge is 2.24. The molecule has 0 aliphatic heterocycles. The van der Waals surface area contributed by atoms with Crippen molar-refractivity contribution in [2.75, 3.05) is 27.2 Å². The van der Waals surface area contributed by atoms with E-state index in [0.717, 1.165) is 28.9 Å². The van der Waals surface area contributed by atoms with E-state index in [4.69, 9.17) is 4.42 Å². The van der Waals surface area contributed by atoms with Gasteiger partial charge in [0, 0.05) is 38.3 Å². The van der Waals surface area contributed by atoms with Gasteiger partial charge in [-0.3, -0.25) is 4.79 Å². The monoisotopic (exact) mass is 433 g/mol. The number of aromatic nitrogens is 1. The second-order valence-electron chi connectivity index (χ2n) is 8.37. The maximum atomic E-state index is 13.8. The van der Waals surface area contributed by atoms with E-state index in [2.05, 4.69) is 4.90 Å². The van der Waals surface area contributed by atoms with Crippen molar-refractivity contribution < 1.29 is 13.6 Å². The molecule has 4 aromatic rings. The fraction of sp³-hybridized carbons (Fsp3) is 0.269. The van der Waals surface area contributed by atoms with Crippen LogP contribution in [0.15, 0.2) is 71.1 Å². The molecule has 0 saturated carbocycles. The Morgan fingerprint density at radius 1 is 0.969 bits per heavy atom. The molecule has 6 heteroatoms. The van der Waals surface area contributed by atoms with E-state index < -0.39 is 0 Å². The smallest absolute Gasteiger partial charge is 0.270 e. The molecule has 0 N–H and O–H groups in total. The van der Waals surface area contributed by atoms with Crippen LogP contribution < -0.4 is 0 Å². The Balaban J connectivity index is 1.71. The van der Waals surface area contributed by atoms with Gasteiger partial charge in [-0.05, 0) is 44.3 Å². The highest BCUT2D eigenvalue weighted by atomic mass is 19.1. The molecule has 166 valence electrons. The zero-order valence-electron chi connectivity index (χ0n) is 18.7. The van der Waals surface area contributed by atoms with E-state index in [-0.39, 0.29) is 11.7 Å². The SMILES string of the molecule is Cc1cc2c(cc(C(=O)N(CCN(C)C)Cc3ccccc3)n2Cc2cccc(F)c2)o1. The molecule has 5 nitrogen and oxygen atoms in total.